The van der Waals surface area contributed by atoms with Crippen molar-refractivity contribution in [2.24, 2.45) is 17.8 Å². The fourth-order valence-corrected chi connectivity index (χ4v) is 3.72. The van der Waals surface area contributed by atoms with Crippen LogP contribution in [-0.4, -0.2) is 33.6 Å². The van der Waals surface area contributed by atoms with Crippen LogP contribution in [-0.2, 0) is 20.9 Å². The third-order valence-corrected chi connectivity index (χ3v) is 5.07. The van der Waals surface area contributed by atoms with Gasteiger partial charge in [-0.15, -0.1) is 0 Å². The van der Waals surface area contributed by atoms with Gasteiger partial charge in [0.05, 0.1) is 11.8 Å². The Bertz CT molecular complexity index is 688. The molecule has 0 spiro atoms. The Balaban J connectivity index is 1.76. The van der Waals surface area contributed by atoms with Crippen molar-refractivity contribution < 1.29 is 14.4 Å². The largest absolute Gasteiger partial charge is 0.350 e. The molecule has 2 heterocycles. The van der Waals surface area contributed by atoms with Crippen molar-refractivity contribution in [3.05, 3.63) is 42.2 Å². The smallest absolute Gasteiger partial charge is 0.243 e. The number of likely N-dealkylation sites (tertiary alicyclic amines) is 1. The third-order valence-electron chi connectivity index (χ3n) is 5.07. The molecule has 1 aliphatic heterocycles. The summed E-state index contributed by atoms with van der Waals surface area (Å²) in [5, 5.41) is 2.88. The number of nitrogens with zero attached hydrogens (tertiary/aromatic N) is 2. The summed E-state index contributed by atoms with van der Waals surface area (Å²) in [6.45, 7) is 4.33. The summed E-state index contributed by atoms with van der Waals surface area (Å²) in [5.41, 5.74) is 0.925. The molecule has 1 saturated heterocycles. The van der Waals surface area contributed by atoms with Crippen molar-refractivity contribution >= 4 is 17.7 Å². The Hall–Kier alpha value is -2.50. The van der Waals surface area contributed by atoms with Crippen molar-refractivity contribution in [1.29, 1.82) is 0 Å². The standard InChI is InChI=1S/C20H25N3O3/c1-13(2)11-17(18(24)22-12-14-7-9-21-10-8-14)23-19(25)15-5-3-4-6-16(15)20(23)26/h3-4,7-10,13,15-17H,5-6,11-12H2,1-2H3,(H,22,24). The number of fused-ring (bicyclic) bond motifs is 1. The van der Waals surface area contributed by atoms with E-state index in [-0.39, 0.29) is 35.5 Å². The van der Waals surface area contributed by atoms with E-state index in [1.165, 1.54) is 4.90 Å². The number of hydrogen-bond acceptors (Lipinski definition) is 4. The minimum atomic E-state index is -0.748. The number of hydrogen-bond donors (Lipinski definition) is 1. The number of allylic oxidation sites excluding steroid dienone is 2. The number of nitrogens with one attached hydrogen (secondary N) is 1. The fourth-order valence-electron chi connectivity index (χ4n) is 3.72. The molecule has 3 atom stereocenters. The van der Waals surface area contributed by atoms with Crippen molar-refractivity contribution in [2.45, 2.75) is 45.7 Å². The minimum absolute atomic E-state index is 0.188. The second kappa shape index (κ2) is 7.81. The second-order valence-electron chi connectivity index (χ2n) is 7.42. The highest BCUT2D eigenvalue weighted by atomic mass is 16.2. The molecule has 1 N–H and O–H groups in total. The zero-order chi connectivity index (χ0) is 18.7. The Morgan fingerprint density at radius 1 is 1.15 bits per heavy atom. The van der Waals surface area contributed by atoms with Gasteiger partial charge in [-0.3, -0.25) is 24.3 Å². The topological polar surface area (TPSA) is 79.4 Å². The monoisotopic (exact) mass is 355 g/mol. The lowest BCUT2D eigenvalue weighted by Gasteiger charge is -2.27. The molecule has 1 aromatic heterocycles. The lowest BCUT2D eigenvalue weighted by Crippen LogP contribution is -2.50. The molecule has 2 aliphatic rings. The van der Waals surface area contributed by atoms with E-state index in [4.69, 9.17) is 0 Å². The molecule has 0 aromatic carbocycles. The van der Waals surface area contributed by atoms with E-state index in [0.29, 0.717) is 25.8 Å². The summed E-state index contributed by atoms with van der Waals surface area (Å²) in [7, 11) is 0. The van der Waals surface area contributed by atoms with Crippen LogP contribution in [0.25, 0.3) is 0 Å². The lowest BCUT2D eigenvalue weighted by molar-refractivity contribution is -0.148. The van der Waals surface area contributed by atoms with Crippen LogP contribution in [0.3, 0.4) is 0 Å². The van der Waals surface area contributed by atoms with Gasteiger partial charge in [-0.1, -0.05) is 26.0 Å². The van der Waals surface area contributed by atoms with Gasteiger partial charge in [0.1, 0.15) is 6.04 Å². The van der Waals surface area contributed by atoms with E-state index >= 15 is 0 Å². The number of carbonyl (C=O) groups is 3. The molecular weight excluding hydrogens is 330 g/mol. The van der Waals surface area contributed by atoms with Gasteiger partial charge in [-0.25, -0.2) is 0 Å². The minimum Gasteiger partial charge on any atom is -0.350 e. The number of imide groups is 1. The molecule has 1 fully saturated rings. The molecule has 3 rings (SSSR count). The summed E-state index contributed by atoms with van der Waals surface area (Å²) in [4.78, 5) is 43.7. The van der Waals surface area contributed by atoms with Crippen LogP contribution in [0.2, 0.25) is 0 Å². The maximum absolute atomic E-state index is 12.8. The Kier molecular flexibility index (Phi) is 5.49. The lowest BCUT2D eigenvalue weighted by atomic mass is 9.85. The fraction of sp³-hybridized carbons (Fsp3) is 0.500. The highest BCUT2D eigenvalue weighted by Crippen LogP contribution is 2.37. The first-order chi connectivity index (χ1) is 12.5. The van der Waals surface area contributed by atoms with Crippen LogP contribution in [0.15, 0.2) is 36.7 Å². The molecule has 1 aliphatic carbocycles. The molecule has 0 radical (unpaired) electrons. The molecule has 3 unspecified atom stereocenters. The van der Waals surface area contributed by atoms with Gasteiger partial charge in [-0.05, 0) is 42.9 Å². The summed E-state index contributed by atoms with van der Waals surface area (Å²) in [5.74, 6) is -1.11. The van der Waals surface area contributed by atoms with Crippen molar-refractivity contribution in [3.63, 3.8) is 0 Å². The quantitative estimate of drug-likeness (QED) is 0.626. The van der Waals surface area contributed by atoms with E-state index in [2.05, 4.69) is 10.3 Å². The molecule has 3 amide bonds. The molecule has 6 nitrogen and oxygen atoms in total. The predicted octanol–water partition coefficient (Wildman–Crippen LogP) is 2.06. The van der Waals surface area contributed by atoms with Crippen LogP contribution in [0.4, 0.5) is 0 Å². The first-order valence-corrected chi connectivity index (χ1v) is 9.17. The number of aromatic nitrogens is 1. The molecule has 138 valence electrons. The second-order valence-corrected chi connectivity index (χ2v) is 7.42. The van der Waals surface area contributed by atoms with E-state index in [0.717, 1.165) is 5.56 Å². The SMILES string of the molecule is CC(C)CC(C(=O)NCc1ccncc1)N1C(=O)C2CC=CCC2C1=O. The molecule has 26 heavy (non-hydrogen) atoms. The first-order valence-electron chi connectivity index (χ1n) is 9.17. The number of amides is 3. The van der Waals surface area contributed by atoms with Gasteiger partial charge in [0.15, 0.2) is 0 Å². The van der Waals surface area contributed by atoms with Crippen LogP contribution in [0.5, 0.6) is 0 Å². The highest BCUT2D eigenvalue weighted by Gasteiger charge is 2.51. The number of rotatable bonds is 6. The van der Waals surface area contributed by atoms with Crippen LogP contribution in [0, 0.1) is 17.8 Å². The third kappa shape index (κ3) is 3.69. The Labute approximate surface area is 153 Å². The maximum atomic E-state index is 12.8. The van der Waals surface area contributed by atoms with E-state index in [1.807, 2.05) is 38.1 Å². The van der Waals surface area contributed by atoms with Crippen LogP contribution in [0.1, 0.15) is 38.7 Å². The molecule has 0 bridgehead atoms. The van der Waals surface area contributed by atoms with Crippen LogP contribution < -0.4 is 5.32 Å². The predicted molar refractivity (Wildman–Crippen MR) is 96.5 cm³/mol. The Morgan fingerprint density at radius 2 is 1.73 bits per heavy atom. The van der Waals surface area contributed by atoms with Gasteiger partial charge in [-0.2, -0.15) is 0 Å². The van der Waals surface area contributed by atoms with Gasteiger partial charge in [0, 0.05) is 18.9 Å². The summed E-state index contributed by atoms with van der Waals surface area (Å²) < 4.78 is 0. The highest BCUT2D eigenvalue weighted by molar-refractivity contribution is 6.08. The summed E-state index contributed by atoms with van der Waals surface area (Å²) in [6, 6.07) is 2.90. The van der Waals surface area contributed by atoms with E-state index in [9.17, 15) is 14.4 Å². The molecule has 0 saturated carbocycles. The number of pyridine rings is 1. The molecular formula is C20H25N3O3. The van der Waals surface area contributed by atoms with Gasteiger partial charge in [0.2, 0.25) is 17.7 Å². The zero-order valence-electron chi connectivity index (χ0n) is 15.2. The number of carbonyl (C=O) groups excluding carboxylic acids is 3. The summed E-state index contributed by atoms with van der Waals surface area (Å²) in [6.07, 6.45) is 8.87. The van der Waals surface area contributed by atoms with Gasteiger partial charge < -0.3 is 5.32 Å². The Morgan fingerprint density at radius 3 is 2.27 bits per heavy atom. The van der Waals surface area contributed by atoms with Gasteiger partial charge in [0.25, 0.3) is 0 Å². The normalized spacial score (nSPS) is 23.3. The van der Waals surface area contributed by atoms with E-state index < -0.39 is 6.04 Å². The molecule has 6 heteroatoms. The van der Waals surface area contributed by atoms with E-state index in [1.54, 1.807) is 12.4 Å². The van der Waals surface area contributed by atoms with Crippen LogP contribution >= 0.6 is 0 Å². The summed E-state index contributed by atoms with van der Waals surface area (Å²) >= 11 is 0. The average Bonchev–Trinajstić information content (AvgIpc) is 2.90. The zero-order valence-corrected chi connectivity index (χ0v) is 15.2. The van der Waals surface area contributed by atoms with Gasteiger partial charge >= 0.3 is 0 Å². The maximum Gasteiger partial charge on any atom is 0.243 e. The average molecular weight is 355 g/mol. The van der Waals surface area contributed by atoms with Crippen molar-refractivity contribution in [3.8, 4) is 0 Å². The first kappa shape index (κ1) is 18.3. The van der Waals surface area contributed by atoms with Crippen molar-refractivity contribution in [1.82, 2.24) is 15.2 Å². The molecule has 1 aromatic rings. The van der Waals surface area contributed by atoms with Crippen molar-refractivity contribution in [2.75, 3.05) is 0 Å².